The van der Waals surface area contributed by atoms with Crippen LogP contribution in [0.4, 0.5) is 0 Å². The molecule has 0 saturated heterocycles. The van der Waals surface area contributed by atoms with Gasteiger partial charge in [-0.3, -0.25) is 9.59 Å². The average molecular weight is 252 g/mol. The van der Waals surface area contributed by atoms with Gasteiger partial charge in [0.15, 0.2) is 12.6 Å². The van der Waals surface area contributed by atoms with Gasteiger partial charge in [0, 0.05) is 13.5 Å². The molecular formula is C13H16O5. The Morgan fingerprint density at radius 2 is 1.83 bits per heavy atom. The van der Waals surface area contributed by atoms with Crippen molar-refractivity contribution in [3.8, 4) is 5.75 Å². The van der Waals surface area contributed by atoms with Gasteiger partial charge in [-0.2, -0.15) is 0 Å². The van der Waals surface area contributed by atoms with Crippen molar-refractivity contribution in [3.63, 3.8) is 0 Å². The van der Waals surface area contributed by atoms with E-state index in [0.717, 1.165) is 0 Å². The molecule has 0 aliphatic rings. The van der Waals surface area contributed by atoms with Gasteiger partial charge in [0.1, 0.15) is 5.75 Å². The minimum Gasteiger partial charge on any atom is -0.469 e. The fourth-order valence-electron chi connectivity index (χ4n) is 1.40. The number of Topliss-reactive ketones (excluding diaryl/α,β-unsaturated/α-hetero) is 1. The predicted molar refractivity (Wildman–Crippen MR) is 64.5 cm³/mol. The van der Waals surface area contributed by atoms with Crippen LogP contribution < -0.4 is 4.74 Å². The topological polar surface area (TPSA) is 61.8 Å². The fraction of sp³-hybridized carbons (Fsp3) is 0.385. The third-order valence-electron chi connectivity index (χ3n) is 2.30. The highest BCUT2D eigenvalue weighted by atomic mass is 16.7. The largest absolute Gasteiger partial charge is 0.469 e. The molecule has 0 saturated carbocycles. The lowest BCUT2D eigenvalue weighted by Crippen LogP contribution is -2.08. The third-order valence-corrected chi connectivity index (χ3v) is 2.30. The molecule has 0 aliphatic carbocycles. The molecule has 1 rings (SSSR count). The van der Waals surface area contributed by atoms with Crippen LogP contribution in [-0.2, 0) is 14.3 Å². The monoisotopic (exact) mass is 252 g/mol. The minimum atomic E-state index is -0.404. The molecule has 98 valence electrons. The van der Waals surface area contributed by atoms with E-state index in [1.807, 2.05) is 0 Å². The first-order chi connectivity index (χ1) is 8.69. The van der Waals surface area contributed by atoms with E-state index >= 15 is 0 Å². The van der Waals surface area contributed by atoms with E-state index in [9.17, 15) is 9.59 Å². The summed E-state index contributed by atoms with van der Waals surface area (Å²) in [5, 5.41) is 0. The van der Waals surface area contributed by atoms with E-state index in [4.69, 9.17) is 9.47 Å². The van der Waals surface area contributed by atoms with E-state index in [0.29, 0.717) is 11.3 Å². The summed E-state index contributed by atoms with van der Waals surface area (Å²) < 4.78 is 14.6. The highest BCUT2D eigenvalue weighted by Gasteiger charge is 2.13. The van der Waals surface area contributed by atoms with Crippen LogP contribution in [0.1, 0.15) is 23.2 Å². The molecule has 0 unspecified atom stereocenters. The van der Waals surface area contributed by atoms with Crippen LogP contribution in [0.5, 0.6) is 5.75 Å². The van der Waals surface area contributed by atoms with E-state index in [1.54, 1.807) is 24.3 Å². The summed E-state index contributed by atoms with van der Waals surface area (Å²) in [6.45, 7) is 0.0707. The SMILES string of the molecule is COCOc1ccccc1C(=O)CCC(=O)OC. The first-order valence-electron chi connectivity index (χ1n) is 5.49. The molecule has 0 aromatic heterocycles. The molecule has 0 heterocycles. The Labute approximate surface area is 106 Å². The van der Waals surface area contributed by atoms with Crippen molar-refractivity contribution in [1.29, 1.82) is 0 Å². The van der Waals surface area contributed by atoms with Crippen LogP contribution in [0.2, 0.25) is 0 Å². The molecule has 0 amide bonds. The molecule has 0 spiro atoms. The number of carbonyl (C=O) groups is 2. The predicted octanol–water partition coefficient (Wildman–Crippen LogP) is 1.81. The van der Waals surface area contributed by atoms with Crippen molar-refractivity contribution >= 4 is 11.8 Å². The standard InChI is InChI=1S/C13H16O5/c1-16-9-18-12-6-4-3-5-10(12)11(14)7-8-13(15)17-2/h3-6H,7-9H2,1-2H3. The molecule has 0 bridgehead atoms. The smallest absolute Gasteiger partial charge is 0.305 e. The number of benzene rings is 1. The number of rotatable bonds is 7. The second-order valence-corrected chi connectivity index (χ2v) is 3.55. The van der Waals surface area contributed by atoms with E-state index in [1.165, 1.54) is 14.2 Å². The van der Waals surface area contributed by atoms with Crippen molar-refractivity contribution in [1.82, 2.24) is 0 Å². The van der Waals surface area contributed by atoms with E-state index in [2.05, 4.69) is 4.74 Å². The molecule has 18 heavy (non-hydrogen) atoms. The van der Waals surface area contributed by atoms with Gasteiger partial charge >= 0.3 is 5.97 Å². The zero-order chi connectivity index (χ0) is 13.4. The van der Waals surface area contributed by atoms with E-state index < -0.39 is 5.97 Å². The Balaban J connectivity index is 2.69. The summed E-state index contributed by atoms with van der Waals surface area (Å²) in [4.78, 5) is 22.9. The van der Waals surface area contributed by atoms with E-state index in [-0.39, 0.29) is 25.4 Å². The van der Waals surface area contributed by atoms with Crippen molar-refractivity contribution in [2.75, 3.05) is 21.0 Å². The van der Waals surface area contributed by atoms with Crippen molar-refractivity contribution in [3.05, 3.63) is 29.8 Å². The lowest BCUT2D eigenvalue weighted by Gasteiger charge is -2.09. The Bertz CT molecular complexity index is 414. The van der Waals surface area contributed by atoms with Gasteiger partial charge < -0.3 is 14.2 Å². The van der Waals surface area contributed by atoms with Gasteiger partial charge in [-0.05, 0) is 12.1 Å². The lowest BCUT2D eigenvalue weighted by atomic mass is 10.1. The summed E-state index contributed by atoms with van der Waals surface area (Å²) in [5.41, 5.74) is 0.443. The number of methoxy groups -OCH3 is 2. The van der Waals surface area contributed by atoms with Gasteiger partial charge in [0.05, 0.1) is 19.1 Å². The van der Waals surface area contributed by atoms with Crippen LogP contribution in [-0.4, -0.2) is 32.8 Å². The van der Waals surface area contributed by atoms with Crippen LogP contribution >= 0.6 is 0 Å². The van der Waals surface area contributed by atoms with Crippen molar-refractivity contribution in [2.45, 2.75) is 12.8 Å². The van der Waals surface area contributed by atoms with Crippen LogP contribution in [0, 0.1) is 0 Å². The highest BCUT2D eigenvalue weighted by molar-refractivity contribution is 5.99. The normalized spacial score (nSPS) is 9.89. The van der Waals surface area contributed by atoms with Gasteiger partial charge in [-0.25, -0.2) is 0 Å². The summed E-state index contributed by atoms with van der Waals surface area (Å²) in [6.07, 6.45) is 0.161. The Kier molecular flexibility index (Phi) is 5.87. The molecule has 0 N–H and O–H groups in total. The highest BCUT2D eigenvalue weighted by Crippen LogP contribution is 2.20. The van der Waals surface area contributed by atoms with Crippen LogP contribution in [0.3, 0.4) is 0 Å². The zero-order valence-electron chi connectivity index (χ0n) is 10.5. The molecule has 5 nitrogen and oxygen atoms in total. The number of ether oxygens (including phenoxy) is 3. The third kappa shape index (κ3) is 4.18. The van der Waals surface area contributed by atoms with Gasteiger partial charge in [-0.15, -0.1) is 0 Å². The Morgan fingerprint density at radius 1 is 1.11 bits per heavy atom. The molecule has 1 aromatic rings. The summed E-state index contributed by atoms with van der Waals surface area (Å²) >= 11 is 0. The van der Waals surface area contributed by atoms with Gasteiger partial charge in [0.2, 0.25) is 0 Å². The number of hydrogen-bond acceptors (Lipinski definition) is 5. The summed E-state index contributed by atoms with van der Waals surface area (Å²) in [7, 11) is 2.80. The average Bonchev–Trinajstić information content (AvgIpc) is 2.42. The quantitative estimate of drug-likeness (QED) is 0.420. The number of para-hydroxylation sites is 1. The Hall–Kier alpha value is -1.88. The molecule has 0 aliphatic heterocycles. The number of esters is 1. The first-order valence-corrected chi connectivity index (χ1v) is 5.49. The molecule has 0 atom stereocenters. The maximum absolute atomic E-state index is 11.9. The maximum Gasteiger partial charge on any atom is 0.305 e. The number of hydrogen-bond donors (Lipinski definition) is 0. The fourth-order valence-corrected chi connectivity index (χ4v) is 1.40. The van der Waals surface area contributed by atoms with Gasteiger partial charge in [0.25, 0.3) is 0 Å². The van der Waals surface area contributed by atoms with Crippen molar-refractivity contribution in [2.24, 2.45) is 0 Å². The van der Waals surface area contributed by atoms with Gasteiger partial charge in [-0.1, -0.05) is 12.1 Å². The number of ketones is 1. The van der Waals surface area contributed by atoms with Crippen LogP contribution in [0.15, 0.2) is 24.3 Å². The second-order valence-electron chi connectivity index (χ2n) is 3.55. The van der Waals surface area contributed by atoms with Crippen molar-refractivity contribution < 1.29 is 23.8 Å². The van der Waals surface area contributed by atoms with Crippen LogP contribution in [0.25, 0.3) is 0 Å². The molecule has 5 heteroatoms. The molecule has 0 fully saturated rings. The minimum absolute atomic E-state index is 0.0634. The number of carbonyl (C=O) groups excluding carboxylic acids is 2. The lowest BCUT2D eigenvalue weighted by molar-refractivity contribution is -0.140. The Morgan fingerprint density at radius 3 is 2.50 bits per heavy atom. The summed E-state index contributed by atoms with van der Waals surface area (Å²) in [5.74, 6) is -0.111. The summed E-state index contributed by atoms with van der Waals surface area (Å²) in [6, 6.07) is 6.85. The second kappa shape index (κ2) is 7.45. The first kappa shape index (κ1) is 14.2. The molecular weight excluding hydrogens is 236 g/mol. The zero-order valence-corrected chi connectivity index (χ0v) is 10.5. The maximum atomic E-state index is 11.9. The molecule has 0 radical (unpaired) electrons. The molecule has 1 aromatic carbocycles.